The highest BCUT2D eigenvalue weighted by Crippen LogP contribution is 2.15. The number of sulfonamides is 1. The average molecular weight is 397 g/mol. The summed E-state index contributed by atoms with van der Waals surface area (Å²) in [4.78, 5) is 22.0. The largest absolute Gasteiger partial charge is 0.480 e. The van der Waals surface area contributed by atoms with Crippen LogP contribution in [0.1, 0.15) is 6.42 Å². The minimum absolute atomic E-state index is 0.0226. The second-order valence-electron chi connectivity index (χ2n) is 4.22. The van der Waals surface area contributed by atoms with Crippen LogP contribution in [0.2, 0.25) is 0 Å². The highest BCUT2D eigenvalue weighted by atomic mass is 79.9. The van der Waals surface area contributed by atoms with E-state index in [4.69, 9.17) is 5.11 Å². The fourth-order valence-electron chi connectivity index (χ4n) is 1.45. The molecule has 22 heavy (non-hydrogen) atoms. The lowest BCUT2D eigenvalue weighted by molar-refractivity contribution is -0.142. The molecule has 1 atom stereocenters. The van der Waals surface area contributed by atoms with E-state index < -0.39 is 34.6 Å². The van der Waals surface area contributed by atoms with Crippen molar-refractivity contribution in [2.45, 2.75) is 17.4 Å². The molecule has 3 N–H and O–H groups in total. The predicted molar refractivity (Wildman–Crippen MR) is 79.5 cm³/mol. The quantitative estimate of drug-likeness (QED) is 0.597. The van der Waals surface area contributed by atoms with Crippen molar-refractivity contribution < 1.29 is 27.5 Å². The maximum atomic E-state index is 12.3. The van der Waals surface area contributed by atoms with Gasteiger partial charge >= 0.3 is 5.97 Å². The van der Waals surface area contributed by atoms with E-state index in [0.717, 1.165) is 0 Å². The Kier molecular flexibility index (Phi) is 6.91. The summed E-state index contributed by atoms with van der Waals surface area (Å²) >= 11 is 3.15. The molecule has 0 radical (unpaired) electrons. The van der Waals surface area contributed by atoms with Gasteiger partial charge in [-0.1, -0.05) is 22.0 Å². The predicted octanol–water partition coefficient (Wildman–Crippen LogP) is 0.656. The van der Waals surface area contributed by atoms with E-state index in [-0.39, 0.29) is 17.9 Å². The van der Waals surface area contributed by atoms with Gasteiger partial charge in [0.1, 0.15) is 6.67 Å². The van der Waals surface area contributed by atoms with Gasteiger partial charge in [-0.05, 0) is 18.2 Å². The number of carboxylic acids is 1. The summed E-state index contributed by atoms with van der Waals surface area (Å²) in [5.74, 6) is -2.26. The Labute approximate surface area is 135 Å². The van der Waals surface area contributed by atoms with Crippen LogP contribution >= 0.6 is 15.9 Å². The summed E-state index contributed by atoms with van der Waals surface area (Å²) in [6, 6.07) is 4.36. The van der Waals surface area contributed by atoms with Crippen LogP contribution in [0, 0.1) is 0 Å². The van der Waals surface area contributed by atoms with Gasteiger partial charge in [0.05, 0.1) is 4.90 Å². The molecule has 122 valence electrons. The van der Waals surface area contributed by atoms with E-state index in [0.29, 0.717) is 4.47 Å². The molecule has 7 nitrogen and oxygen atoms in total. The maximum Gasteiger partial charge on any atom is 0.328 e. The molecule has 10 heteroatoms. The number of aliphatic carboxylic acids is 1. The van der Waals surface area contributed by atoms with Crippen LogP contribution in [0.25, 0.3) is 0 Å². The molecular formula is C12H14BrFN2O5S. The number of carbonyl (C=O) groups is 2. The van der Waals surface area contributed by atoms with Crippen molar-refractivity contribution in [2.24, 2.45) is 0 Å². The molecule has 0 aliphatic rings. The van der Waals surface area contributed by atoms with Gasteiger partial charge in [0.2, 0.25) is 15.9 Å². The molecule has 0 aliphatic heterocycles. The van der Waals surface area contributed by atoms with Crippen LogP contribution in [0.3, 0.4) is 0 Å². The summed E-state index contributed by atoms with van der Waals surface area (Å²) < 4.78 is 39.0. The molecule has 1 unspecified atom stereocenters. The molecule has 0 fully saturated rings. The Balaban J connectivity index is 2.53. The minimum atomic E-state index is -3.78. The van der Waals surface area contributed by atoms with Gasteiger partial charge in [0, 0.05) is 17.4 Å². The van der Waals surface area contributed by atoms with Crippen molar-refractivity contribution >= 4 is 37.8 Å². The van der Waals surface area contributed by atoms with Crippen LogP contribution < -0.4 is 10.0 Å². The van der Waals surface area contributed by atoms with Gasteiger partial charge in [0.15, 0.2) is 6.04 Å². The fourth-order valence-corrected chi connectivity index (χ4v) is 3.08. The number of nitrogens with one attached hydrogen (secondary N) is 2. The molecule has 1 rings (SSSR count). The van der Waals surface area contributed by atoms with Crippen LogP contribution in [0.4, 0.5) is 4.39 Å². The standard InChI is InChI=1S/C12H14BrFN2O5S/c13-8-2-1-3-9(6-8)22(20,21)15-5-4-11(17)16-10(7-14)12(18)19/h1-3,6,10,15H,4-5,7H2,(H,16,17)(H,18,19). The zero-order valence-corrected chi connectivity index (χ0v) is 13.7. The van der Waals surface area contributed by atoms with E-state index in [9.17, 15) is 22.4 Å². The molecule has 0 spiro atoms. The highest BCUT2D eigenvalue weighted by Gasteiger charge is 2.20. The lowest BCUT2D eigenvalue weighted by Crippen LogP contribution is -2.43. The van der Waals surface area contributed by atoms with Gasteiger partial charge in [-0.15, -0.1) is 0 Å². The van der Waals surface area contributed by atoms with Crippen molar-refractivity contribution in [1.29, 1.82) is 0 Å². The fraction of sp³-hybridized carbons (Fsp3) is 0.333. The van der Waals surface area contributed by atoms with Gasteiger partial charge < -0.3 is 10.4 Å². The molecule has 0 aliphatic carbocycles. The lowest BCUT2D eigenvalue weighted by Gasteiger charge is -2.11. The molecule has 1 aromatic rings. The first-order valence-electron chi connectivity index (χ1n) is 6.09. The molecule has 0 heterocycles. The Morgan fingerprint density at radius 2 is 2.05 bits per heavy atom. The number of halogens is 2. The van der Waals surface area contributed by atoms with Crippen molar-refractivity contribution in [2.75, 3.05) is 13.2 Å². The number of alkyl halides is 1. The molecule has 1 aromatic carbocycles. The number of carboxylic acid groups (broad SMARTS) is 1. The topological polar surface area (TPSA) is 113 Å². The number of hydrogen-bond donors (Lipinski definition) is 3. The van der Waals surface area contributed by atoms with Gasteiger partial charge in [-0.25, -0.2) is 22.3 Å². The Morgan fingerprint density at radius 1 is 1.36 bits per heavy atom. The molecule has 0 aromatic heterocycles. The van der Waals surface area contributed by atoms with Gasteiger partial charge in [-0.3, -0.25) is 4.79 Å². The van der Waals surface area contributed by atoms with E-state index in [1.165, 1.54) is 12.1 Å². The summed E-state index contributed by atoms with van der Waals surface area (Å²) in [5, 5.41) is 10.5. The number of benzene rings is 1. The lowest BCUT2D eigenvalue weighted by atomic mass is 10.3. The van der Waals surface area contributed by atoms with Gasteiger partial charge in [-0.2, -0.15) is 0 Å². The second-order valence-corrected chi connectivity index (χ2v) is 6.90. The van der Waals surface area contributed by atoms with E-state index in [1.807, 2.05) is 5.32 Å². The summed E-state index contributed by atoms with van der Waals surface area (Å²) in [6.45, 7) is -1.48. The van der Waals surface area contributed by atoms with Crippen LogP contribution in [0.15, 0.2) is 33.6 Å². The second kappa shape index (κ2) is 8.20. The molecule has 0 saturated carbocycles. The molecule has 1 amide bonds. The third kappa shape index (κ3) is 5.70. The number of amides is 1. The van der Waals surface area contributed by atoms with E-state index >= 15 is 0 Å². The van der Waals surface area contributed by atoms with Crippen molar-refractivity contribution in [3.05, 3.63) is 28.7 Å². The Morgan fingerprint density at radius 3 is 2.59 bits per heavy atom. The first-order valence-corrected chi connectivity index (χ1v) is 8.37. The molecule has 0 saturated heterocycles. The maximum absolute atomic E-state index is 12.3. The summed E-state index contributed by atoms with van der Waals surface area (Å²) in [7, 11) is -3.78. The normalized spacial score (nSPS) is 12.6. The van der Waals surface area contributed by atoms with E-state index in [1.54, 1.807) is 12.1 Å². The van der Waals surface area contributed by atoms with Crippen LogP contribution in [-0.2, 0) is 19.6 Å². The van der Waals surface area contributed by atoms with Gasteiger partial charge in [0.25, 0.3) is 0 Å². The third-order valence-corrected chi connectivity index (χ3v) is 4.49. The minimum Gasteiger partial charge on any atom is -0.480 e. The number of hydrogen-bond acceptors (Lipinski definition) is 4. The first kappa shape index (κ1) is 18.5. The zero-order chi connectivity index (χ0) is 16.8. The van der Waals surface area contributed by atoms with Crippen molar-refractivity contribution in [3.8, 4) is 0 Å². The summed E-state index contributed by atoms with van der Waals surface area (Å²) in [6.07, 6.45) is -0.309. The average Bonchev–Trinajstić information content (AvgIpc) is 2.44. The third-order valence-electron chi connectivity index (χ3n) is 2.54. The van der Waals surface area contributed by atoms with Crippen LogP contribution in [0.5, 0.6) is 0 Å². The Bertz CT molecular complexity index is 653. The molecular weight excluding hydrogens is 383 g/mol. The zero-order valence-electron chi connectivity index (χ0n) is 11.3. The Hall–Kier alpha value is -1.52. The molecule has 0 bridgehead atoms. The van der Waals surface area contributed by atoms with E-state index in [2.05, 4.69) is 20.7 Å². The van der Waals surface area contributed by atoms with Crippen molar-refractivity contribution in [1.82, 2.24) is 10.0 Å². The van der Waals surface area contributed by atoms with Crippen molar-refractivity contribution in [3.63, 3.8) is 0 Å². The first-order chi connectivity index (χ1) is 10.3. The number of carbonyl (C=O) groups excluding carboxylic acids is 1. The van der Waals surface area contributed by atoms with Crippen LogP contribution in [-0.4, -0.2) is 44.7 Å². The number of rotatable bonds is 8. The smallest absolute Gasteiger partial charge is 0.328 e. The SMILES string of the molecule is O=C(CCNS(=O)(=O)c1cccc(Br)c1)NC(CF)C(=O)O. The highest BCUT2D eigenvalue weighted by molar-refractivity contribution is 9.10. The monoisotopic (exact) mass is 396 g/mol. The summed E-state index contributed by atoms with van der Waals surface area (Å²) in [5.41, 5.74) is 0.